The van der Waals surface area contributed by atoms with Crippen LogP contribution in [-0.4, -0.2) is 45.9 Å². The van der Waals surface area contributed by atoms with E-state index in [0.717, 1.165) is 54.9 Å². The molecule has 1 aliphatic heterocycles. The molecule has 4 aromatic rings. The Morgan fingerprint density at radius 2 is 2.00 bits per heavy atom. The van der Waals surface area contributed by atoms with Crippen LogP contribution in [0.3, 0.4) is 0 Å². The van der Waals surface area contributed by atoms with Crippen molar-refractivity contribution in [1.29, 1.82) is 0 Å². The molecule has 38 heavy (non-hydrogen) atoms. The van der Waals surface area contributed by atoms with Gasteiger partial charge in [0, 0.05) is 25.8 Å². The number of hydrogen-bond donors (Lipinski definition) is 2. The summed E-state index contributed by atoms with van der Waals surface area (Å²) in [4.78, 5) is 21.3. The van der Waals surface area contributed by atoms with Crippen molar-refractivity contribution in [2.24, 2.45) is 5.92 Å². The smallest absolute Gasteiger partial charge is 0.296 e. The van der Waals surface area contributed by atoms with Gasteiger partial charge in [-0.25, -0.2) is 14.4 Å². The first-order valence-corrected chi connectivity index (χ1v) is 12.8. The number of benzene rings is 2. The monoisotopic (exact) mass is 515 g/mol. The van der Waals surface area contributed by atoms with E-state index in [9.17, 15) is 9.18 Å². The van der Waals surface area contributed by atoms with E-state index < -0.39 is 5.91 Å². The number of aromatic amines is 1. The van der Waals surface area contributed by atoms with E-state index >= 15 is 0 Å². The lowest BCUT2D eigenvalue weighted by molar-refractivity contribution is 0.0593. The number of ether oxygens (including phenoxy) is 2. The minimum atomic E-state index is -0.507. The molecule has 2 aromatic carbocycles. The fraction of sp³-hybridized carbons (Fsp3) is 0.310. The van der Waals surface area contributed by atoms with E-state index in [1.165, 1.54) is 6.07 Å². The molecule has 0 spiro atoms. The van der Waals surface area contributed by atoms with Gasteiger partial charge in [-0.15, -0.1) is 5.10 Å². The average Bonchev–Trinajstić information content (AvgIpc) is 3.40. The van der Waals surface area contributed by atoms with Gasteiger partial charge in [-0.1, -0.05) is 24.3 Å². The number of amides is 1. The lowest BCUT2D eigenvalue weighted by Crippen LogP contribution is -2.17. The first-order valence-electron chi connectivity index (χ1n) is 12.8. The lowest BCUT2D eigenvalue weighted by Gasteiger charge is -2.22. The standard InChI is InChI=1S/C29H30FN5O3/c1-19-6-7-23(38-15-11-20-9-13-37-14-10-20)18-24(19)21-8-12-31-26(16-21)33-29(36)28-32-27(34-35-28)17-22-4-2-3-5-25(22)30/h2-8,12,16,18,20H,9-11,13-15,17H2,1H3,(H,31,33,36)(H,32,34,35). The number of halogens is 1. The van der Waals surface area contributed by atoms with Gasteiger partial charge in [0.25, 0.3) is 5.91 Å². The van der Waals surface area contributed by atoms with Gasteiger partial charge in [-0.05, 0) is 84.7 Å². The van der Waals surface area contributed by atoms with Gasteiger partial charge in [0.1, 0.15) is 23.2 Å². The fourth-order valence-electron chi connectivity index (χ4n) is 4.52. The Bertz CT molecular complexity index is 1400. The zero-order valence-electron chi connectivity index (χ0n) is 21.2. The van der Waals surface area contributed by atoms with Gasteiger partial charge in [0.15, 0.2) is 0 Å². The SMILES string of the molecule is Cc1ccc(OCCC2CCOCC2)cc1-c1ccnc(NC(=O)c2n[nH]c(Cc3ccccc3F)n2)c1. The number of rotatable bonds is 9. The zero-order chi connectivity index (χ0) is 26.3. The largest absolute Gasteiger partial charge is 0.494 e. The zero-order valence-corrected chi connectivity index (χ0v) is 21.2. The molecule has 1 aliphatic rings. The third-order valence-electron chi connectivity index (χ3n) is 6.71. The van der Waals surface area contributed by atoms with E-state index in [2.05, 4.69) is 25.5 Å². The van der Waals surface area contributed by atoms with Crippen LogP contribution in [0.5, 0.6) is 5.75 Å². The van der Waals surface area contributed by atoms with Crippen LogP contribution in [0.4, 0.5) is 10.2 Å². The van der Waals surface area contributed by atoms with Crippen LogP contribution in [0.1, 0.15) is 46.8 Å². The Kier molecular flexibility index (Phi) is 8.04. The number of aromatic nitrogens is 4. The summed E-state index contributed by atoms with van der Waals surface area (Å²) in [6, 6.07) is 16.1. The summed E-state index contributed by atoms with van der Waals surface area (Å²) in [6.45, 7) is 4.38. The summed E-state index contributed by atoms with van der Waals surface area (Å²) in [5, 5.41) is 9.44. The summed E-state index contributed by atoms with van der Waals surface area (Å²) < 4.78 is 25.4. The quantitative estimate of drug-likeness (QED) is 0.311. The van der Waals surface area contributed by atoms with Crippen LogP contribution in [0, 0.1) is 18.7 Å². The van der Waals surface area contributed by atoms with Crippen LogP contribution in [0.2, 0.25) is 0 Å². The third kappa shape index (κ3) is 6.41. The molecule has 2 aromatic heterocycles. The number of anilines is 1. The van der Waals surface area contributed by atoms with E-state index in [1.54, 1.807) is 30.5 Å². The van der Waals surface area contributed by atoms with E-state index in [4.69, 9.17) is 9.47 Å². The van der Waals surface area contributed by atoms with E-state index in [0.29, 0.717) is 29.7 Å². The number of hydrogen-bond acceptors (Lipinski definition) is 6. The van der Waals surface area contributed by atoms with Crippen LogP contribution < -0.4 is 10.1 Å². The Hall–Kier alpha value is -4.11. The van der Waals surface area contributed by atoms with Gasteiger partial charge in [0.05, 0.1) is 6.61 Å². The van der Waals surface area contributed by atoms with Crippen molar-refractivity contribution in [3.63, 3.8) is 0 Å². The molecule has 1 fully saturated rings. The molecule has 0 unspecified atom stereocenters. The molecule has 0 bridgehead atoms. The molecular weight excluding hydrogens is 485 g/mol. The first-order chi connectivity index (χ1) is 18.5. The Morgan fingerprint density at radius 1 is 1.16 bits per heavy atom. The van der Waals surface area contributed by atoms with Gasteiger partial charge >= 0.3 is 0 Å². The number of nitrogens with zero attached hydrogens (tertiary/aromatic N) is 3. The maximum atomic E-state index is 13.9. The minimum Gasteiger partial charge on any atom is -0.494 e. The fourth-order valence-corrected chi connectivity index (χ4v) is 4.52. The number of carbonyl (C=O) groups excluding carboxylic acids is 1. The van der Waals surface area contributed by atoms with Crippen LogP contribution in [0.15, 0.2) is 60.8 Å². The Morgan fingerprint density at radius 3 is 2.84 bits per heavy atom. The molecule has 0 radical (unpaired) electrons. The molecule has 0 aliphatic carbocycles. The molecule has 1 amide bonds. The Balaban J connectivity index is 1.23. The van der Waals surface area contributed by atoms with Crippen LogP contribution in [-0.2, 0) is 11.2 Å². The van der Waals surface area contributed by atoms with Gasteiger partial charge in [-0.3, -0.25) is 9.89 Å². The highest BCUT2D eigenvalue weighted by Gasteiger charge is 2.16. The summed E-state index contributed by atoms with van der Waals surface area (Å²) in [6.07, 6.45) is 5.04. The maximum absolute atomic E-state index is 13.9. The summed E-state index contributed by atoms with van der Waals surface area (Å²) in [5.74, 6) is 1.35. The number of aryl methyl sites for hydroxylation is 1. The second-order valence-electron chi connectivity index (χ2n) is 9.43. The summed E-state index contributed by atoms with van der Waals surface area (Å²) in [5.41, 5.74) is 3.45. The average molecular weight is 516 g/mol. The van der Waals surface area contributed by atoms with Crippen molar-refractivity contribution < 1.29 is 18.7 Å². The van der Waals surface area contributed by atoms with Crippen molar-refractivity contribution in [2.75, 3.05) is 25.1 Å². The highest BCUT2D eigenvalue weighted by molar-refractivity contribution is 6.01. The highest BCUT2D eigenvalue weighted by Crippen LogP contribution is 2.29. The third-order valence-corrected chi connectivity index (χ3v) is 6.71. The van der Waals surface area contributed by atoms with Crippen molar-refractivity contribution in [3.05, 3.63) is 89.4 Å². The molecule has 1 saturated heterocycles. The predicted molar refractivity (Wildman–Crippen MR) is 142 cm³/mol. The number of nitrogens with one attached hydrogen (secondary N) is 2. The van der Waals surface area contributed by atoms with E-state index in [1.807, 2.05) is 31.2 Å². The van der Waals surface area contributed by atoms with Gasteiger partial charge in [0.2, 0.25) is 5.82 Å². The normalized spacial score (nSPS) is 13.8. The molecule has 2 N–H and O–H groups in total. The molecule has 0 atom stereocenters. The molecule has 3 heterocycles. The molecule has 8 nitrogen and oxygen atoms in total. The van der Waals surface area contributed by atoms with E-state index in [-0.39, 0.29) is 18.1 Å². The maximum Gasteiger partial charge on any atom is 0.296 e. The molecule has 196 valence electrons. The number of carbonyl (C=O) groups is 1. The van der Waals surface area contributed by atoms with Gasteiger partial charge < -0.3 is 14.8 Å². The van der Waals surface area contributed by atoms with Gasteiger partial charge in [-0.2, -0.15) is 0 Å². The van der Waals surface area contributed by atoms with Crippen molar-refractivity contribution >= 4 is 11.7 Å². The second kappa shape index (κ2) is 12.0. The lowest BCUT2D eigenvalue weighted by atomic mass is 9.97. The summed E-state index contributed by atoms with van der Waals surface area (Å²) in [7, 11) is 0. The molecule has 9 heteroatoms. The van der Waals surface area contributed by atoms with Crippen molar-refractivity contribution in [2.45, 2.75) is 32.6 Å². The number of H-pyrrole nitrogens is 1. The minimum absolute atomic E-state index is 0.0420. The molecule has 0 saturated carbocycles. The molecule has 5 rings (SSSR count). The number of pyridine rings is 1. The first kappa shape index (κ1) is 25.5. The van der Waals surface area contributed by atoms with Crippen molar-refractivity contribution in [3.8, 4) is 16.9 Å². The summed E-state index contributed by atoms with van der Waals surface area (Å²) >= 11 is 0. The second-order valence-corrected chi connectivity index (χ2v) is 9.43. The molecular formula is C29H30FN5O3. The predicted octanol–water partition coefficient (Wildman–Crippen LogP) is 5.35. The topological polar surface area (TPSA) is 102 Å². The van der Waals surface area contributed by atoms with Crippen LogP contribution >= 0.6 is 0 Å². The van der Waals surface area contributed by atoms with Crippen LogP contribution in [0.25, 0.3) is 11.1 Å². The highest BCUT2D eigenvalue weighted by atomic mass is 19.1. The van der Waals surface area contributed by atoms with Crippen molar-refractivity contribution in [1.82, 2.24) is 20.2 Å². The Labute approximate surface area is 220 Å².